The number of halogens is 3. The lowest BCUT2D eigenvalue weighted by atomic mass is 10.1. The van der Waals surface area contributed by atoms with E-state index < -0.39 is 43.9 Å². The molecule has 1 atom stereocenters. The van der Waals surface area contributed by atoms with Crippen LogP contribution < -0.4 is 5.32 Å². The zero-order valence-corrected chi connectivity index (χ0v) is 11.1. The minimum Gasteiger partial charge on any atom is -0.377 e. The summed E-state index contributed by atoms with van der Waals surface area (Å²) in [6, 6.07) is 1.44. The molecule has 1 N–H and O–H groups in total. The fraction of sp³-hybridized carbons (Fsp3) is 0.273. The van der Waals surface area contributed by atoms with Gasteiger partial charge >= 0.3 is 6.18 Å². The topological polar surface area (TPSA) is 89.3 Å². The van der Waals surface area contributed by atoms with Crippen LogP contribution in [-0.2, 0) is 16.0 Å². The van der Waals surface area contributed by atoms with Gasteiger partial charge in [0.2, 0.25) is 0 Å². The minimum atomic E-state index is -4.80. The van der Waals surface area contributed by atoms with Crippen molar-refractivity contribution in [1.29, 1.82) is 0 Å². The Morgan fingerprint density at radius 3 is 2.48 bits per heavy atom. The standard InChI is InChI=1S/C11H9F3N2O4S/c12-11(13,14)9-5-8(16(17)18)1-2-10(9)15-7-3-4-21(19,20)6-7/h1-5,7,15H,6H2. The first kappa shape index (κ1) is 15.3. The summed E-state index contributed by atoms with van der Waals surface area (Å²) >= 11 is 0. The second kappa shape index (κ2) is 5.02. The van der Waals surface area contributed by atoms with E-state index in [9.17, 15) is 31.7 Å². The van der Waals surface area contributed by atoms with Gasteiger partial charge in [0, 0.05) is 23.2 Å². The van der Waals surface area contributed by atoms with Crippen molar-refractivity contribution in [2.45, 2.75) is 12.2 Å². The van der Waals surface area contributed by atoms with Gasteiger partial charge < -0.3 is 5.32 Å². The molecule has 1 heterocycles. The van der Waals surface area contributed by atoms with E-state index >= 15 is 0 Å². The van der Waals surface area contributed by atoms with E-state index in [2.05, 4.69) is 5.32 Å². The van der Waals surface area contributed by atoms with E-state index in [1.165, 1.54) is 6.08 Å². The van der Waals surface area contributed by atoms with E-state index in [0.717, 1.165) is 17.5 Å². The number of sulfone groups is 1. The Morgan fingerprint density at radius 2 is 2.00 bits per heavy atom. The number of benzene rings is 1. The molecule has 114 valence electrons. The number of non-ortho nitro benzene ring substituents is 1. The van der Waals surface area contributed by atoms with Crippen LogP contribution in [0.25, 0.3) is 0 Å². The summed E-state index contributed by atoms with van der Waals surface area (Å²) in [5.41, 5.74) is -2.31. The third-order valence-corrected chi connectivity index (χ3v) is 4.19. The number of nitrogens with one attached hydrogen (secondary N) is 1. The molecular formula is C11H9F3N2O4S. The molecule has 10 heteroatoms. The number of nitro groups is 1. The van der Waals surface area contributed by atoms with E-state index in [-0.39, 0.29) is 5.75 Å². The lowest BCUT2D eigenvalue weighted by Crippen LogP contribution is -2.23. The number of hydrogen-bond donors (Lipinski definition) is 1. The average molecular weight is 322 g/mol. The second-order valence-corrected chi connectivity index (χ2v) is 6.32. The first-order valence-electron chi connectivity index (χ1n) is 5.62. The van der Waals surface area contributed by atoms with E-state index in [4.69, 9.17) is 0 Å². The van der Waals surface area contributed by atoms with Gasteiger partial charge in [-0.2, -0.15) is 13.2 Å². The largest absolute Gasteiger partial charge is 0.418 e. The summed E-state index contributed by atoms with van der Waals surface area (Å²) < 4.78 is 61.2. The molecule has 2 rings (SSSR count). The quantitative estimate of drug-likeness (QED) is 0.681. The molecule has 1 aromatic carbocycles. The van der Waals surface area contributed by atoms with Crippen molar-refractivity contribution in [2.75, 3.05) is 11.1 Å². The van der Waals surface area contributed by atoms with Gasteiger partial charge in [-0.05, 0) is 6.07 Å². The van der Waals surface area contributed by atoms with Crippen molar-refractivity contribution in [3.8, 4) is 0 Å². The number of hydrogen-bond acceptors (Lipinski definition) is 5. The number of rotatable bonds is 3. The highest BCUT2D eigenvalue weighted by molar-refractivity contribution is 7.94. The molecule has 0 saturated heterocycles. The Morgan fingerprint density at radius 1 is 1.33 bits per heavy atom. The maximum Gasteiger partial charge on any atom is 0.418 e. The number of anilines is 1. The highest BCUT2D eigenvalue weighted by Gasteiger charge is 2.36. The van der Waals surface area contributed by atoms with Gasteiger partial charge in [0.15, 0.2) is 9.84 Å². The Balaban J connectivity index is 2.35. The second-order valence-electron chi connectivity index (χ2n) is 4.39. The molecule has 0 radical (unpaired) electrons. The zero-order valence-electron chi connectivity index (χ0n) is 10.3. The Bertz CT molecular complexity index is 713. The fourth-order valence-electron chi connectivity index (χ4n) is 1.87. The van der Waals surface area contributed by atoms with Crippen LogP contribution in [0.15, 0.2) is 29.7 Å². The van der Waals surface area contributed by atoms with Gasteiger partial charge in [-0.1, -0.05) is 6.08 Å². The fourth-order valence-corrected chi connectivity index (χ4v) is 3.11. The zero-order chi connectivity index (χ0) is 15.8. The number of nitro benzene ring substituents is 1. The van der Waals surface area contributed by atoms with Crippen LogP contribution in [0.1, 0.15) is 5.56 Å². The molecule has 1 aliphatic rings. The van der Waals surface area contributed by atoms with Gasteiger partial charge in [-0.3, -0.25) is 10.1 Å². The van der Waals surface area contributed by atoms with Crippen LogP contribution in [0.2, 0.25) is 0 Å². The van der Waals surface area contributed by atoms with Crippen molar-refractivity contribution in [3.63, 3.8) is 0 Å². The molecule has 1 aromatic rings. The van der Waals surface area contributed by atoms with Crippen molar-refractivity contribution >= 4 is 21.2 Å². The van der Waals surface area contributed by atoms with Crippen LogP contribution in [0, 0.1) is 10.1 Å². The predicted molar refractivity (Wildman–Crippen MR) is 68.4 cm³/mol. The third kappa shape index (κ3) is 3.51. The number of nitrogens with zero attached hydrogens (tertiary/aromatic N) is 1. The van der Waals surface area contributed by atoms with Gasteiger partial charge in [0.05, 0.1) is 22.3 Å². The molecule has 0 bridgehead atoms. The molecule has 0 saturated carbocycles. The molecule has 1 aliphatic heterocycles. The molecule has 0 aliphatic carbocycles. The predicted octanol–water partition coefficient (Wildman–Crippen LogP) is 2.34. The number of alkyl halides is 3. The normalized spacial score (nSPS) is 20.4. The van der Waals surface area contributed by atoms with Gasteiger partial charge in [0.25, 0.3) is 5.69 Å². The Hall–Kier alpha value is -2.10. The third-order valence-electron chi connectivity index (χ3n) is 2.79. The smallest absolute Gasteiger partial charge is 0.377 e. The highest BCUT2D eigenvalue weighted by atomic mass is 32.2. The van der Waals surface area contributed by atoms with Crippen LogP contribution >= 0.6 is 0 Å². The molecular weight excluding hydrogens is 313 g/mol. The molecule has 21 heavy (non-hydrogen) atoms. The van der Waals surface area contributed by atoms with E-state index in [1.807, 2.05) is 0 Å². The molecule has 0 spiro atoms. The Labute approximate surface area is 117 Å². The average Bonchev–Trinajstić information content (AvgIpc) is 2.67. The van der Waals surface area contributed by atoms with Gasteiger partial charge in [-0.25, -0.2) is 8.42 Å². The molecule has 6 nitrogen and oxygen atoms in total. The minimum absolute atomic E-state index is 0.360. The summed E-state index contributed by atoms with van der Waals surface area (Å²) in [4.78, 5) is 9.62. The summed E-state index contributed by atoms with van der Waals surface area (Å²) in [5, 5.41) is 13.9. The lowest BCUT2D eigenvalue weighted by molar-refractivity contribution is -0.385. The van der Waals surface area contributed by atoms with Crippen molar-refractivity contribution < 1.29 is 26.5 Å². The maximum atomic E-state index is 12.9. The molecule has 0 amide bonds. The van der Waals surface area contributed by atoms with Crippen LogP contribution in [0.5, 0.6) is 0 Å². The monoisotopic (exact) mass is 322 g/mol. The molecule has 1 unspecified atom stereocenters. The maximum absolute atomic E-state index is 12.9. The summed E-state index contributed by atoms with van der Waals surface area (Å²) in [7, 11) is -3.42. The molecule has 0 aromatic heterocycles. The first-order chi connectivity index (χ1) is 9.58. The van der Waals surface area contributed by atoms with Crippen molar-refractivity contribution in [3.05, 3.63) is 45.4 Å². The summed E-state index contributed by atoms with van der Waals surface area (Å²) in [6.45, 7) is 0. The van der Waals surface area contributed by atoms with E-state index in [1.54, 1.807) is 0 Å². The van der Waals surface area contributed by atoms with Crippen LogP contribution in [0.4, 0.5) is 24.5 Å². The first-order valence-corrected chi connectivity index (χ1v) is 7.33. The molecule has 0 fully saturated rings. The van der Waals surface area contributed by atoms with Crippen LogP contribution in [-0.4, -0.2) is 25.1 Å². The summed E-state index contributed by atoms with van der Waals surface area (Å²) in [6.07, 6.45) is -3.56. The van der Waals surface area contributed by atoms with E-state index in [0.29, 0.717) is 6.07 Å². The van der Waals surface area contributed by atoms with Gasteiger partial charge in [0.1, 0.15) is 0 Å². The highest BCUT2D eigenvalue weighted by Crippen LogP contribution is 2.37. The van der Waals surface area contributed by atoms with Gasteiger partial charge in [-0.15, -0.1) is 0 Å². The summed E-state index contributed by atoms with van der Waals surface area (Å²) in [5.74, 6) is -0.360. The van der Waals surface area contributed by atoms with Crippen molar-refractivity contribution in [2.24, 2.45) is 0 Å². The van der Waals surface area contributed by atoms with Crippen LogP contribution in [0.3, 0.4) is 0 Å². The lowest BCUT2D eigenvalue weighted by Gasteiger charge is -2.17. The van der Waals surface area contributed by atoms with Crippen molar-refractivity contribution in [1.82, 2.24) is 0 Å². The Kier molecular flexibility index (Phi) is 3.66. The SMILES string of the molecule is O=[N+]([O-])c1ccc(NC2C=CS(=O)(=O)C2)c(C(F)(F)F)c1.